The Kier molecular flexibility index (Phi) is 15.0. The number of hydrogen-bond acceptors (Lipinski definition) is 2. The normalized spacial score (nSPS) is 16.7. The molecule has 1 atom stereocenters. The molecule has 4 rings (SSSR count). The minimum absolute atomic E-state index is 0.589. The molecular formula is C42H58N2OS. The fourth-order valence-corrected chi connectivity index (χ4v) is 7.93. The molecule has 1 aliphatic heterocycles. The highest BCUT2D eigenvalue weighted by Crippen LogP contribution is 2.37. The molecule has 0 aromatic heterocycles. The Morgan fingerprint density at radius 3 is 1.67 bits per heavy atom. The third-order valence-corrected chi connectivity index (χ3v) is 10.8. The summed E-state index contributed by atoms with van der Waals surface area (Å²) in [6.45, 7) is 11.6. The SMILES string of the molecule is CCCCCCCCCCCCc1ccc(C=C2CN(c3c(CC)cccc3CC)C(=Nc3c(CC)cccc3CC)[S+]2[O-])cc1. The van der Waals surface area contributed by atoms with Crippen LogP contribution in [0.4, 0.5) is 11.4 Å². The van der Waals surface area contributed by atoms with Crippen LogP contribution >= 0.6 is 0 Å². The van der Waals surface area contributed by atoms with Gasteiger partial charge >= 0.3 is 5.17 Å². The van der Waals surface area contributed by atoms with Crippen LogP contribution < -0.4 is 4.90 Å². The van der Waals surface area contributed by atoms with E-state index < -0.39 is 11.2 Å². The maximum absolute atomic E-state index is 14.3. The number of aryl methyl sites for hydroxylation is 5. The van der Waals surface area contributed by atoms with E-state index in [0.29, 0.717) is 11.7 Å². The maximum Gasteiger partial charge on any atom is 0.330 e. The van der Waals surface area contributed by atoms with Crippen LogP contribution in [0, 0.1) is 0 Å². The van der Waals surface area contributed by atoms with Gasteiger partial charge in [0.1, 0.15) is 0 Å². The van der Waals surface area contributed by atoms with E-state index in [1.807, 2.05) is 0 Å². The predicted octanol–water partition coefficient (Wildman–Crippen LogP) is 11.7. The Balaban J connectivity index is 1.52. The average molecular weight is 639 g/mol. The molecule has 3 aromatic rings. The molecular weight excluding hydrogens is 581 g/mol. The molecule has 1 heterocycles. The lowest BCUT2D eigenvalue weighted by Gasteiger charge is -2.22. The summed E-state index contributed by atoms with van der Waals surface area (Å²) < 4.78 is 14.3. The smallest absolute Gasteiger partial charge is 0.330 e. The lowest BCUT2D eigenvalue weighted by Crippen LogP contribution is -2.29. The van der Waals surface area contributed by atoms with E-state index in [0.717, 1.165) is 48.3 Å². The van der Waals surface area contributed by atoms with Gasteiger partial charge in [0.05, 0.1) is 29.1 Å². The molecule has 3 aromatic carbocycles. The van der Waals surface area contributed by atoms with Crippen molar-refractivity contribution in [3.8, 4) is 0 Å². The van der Waals surface area contributed by atoms with Gasteiger partial charge in [-0.05, 0) is 78.0 Å². The van der Waals surface area contributed by atoms with Crippen molar-refractivity contribution in [2.45, 2.75) is 131 Å². The molecule has 3 nitrogen and oxygen atoms in total. The Morgan fingerprint density at radius 2 is 1.15 bits per heavy atom. The van der Waals surface area contributed by atoms with Gasteiger partial charge in [-0.25, -0.2) is 0 Å². The van der Waals surface area contributed by atoms with Crippen LogP contribution in [0.25, 0.3) is 6.08 Å². The van der Waals surface area contributed by atoms with Crippen LogP contribution in [0.1, 0.15) is 132 Å². The standard InChI is InChI=1S/C42H58N2OS/c1-6-11-12-13-14-15-16-17-18-19-22-33-27-29-34(30-28-33)31-39-32-44(41-37(9-4)25-21-26-38(41)10-5)42(46(39)45)43-40-35(7-2)23-20-24-36(40)8-3/h20-21,23-31H,6-19,22,32H2,1-5H3. The van der Waals surface area contributed by atoms with Crippen LogP contribution in [-0.4, -0.2) is 16.3 Å². The van der Waals surface area contributed by atoms with E-state index in [9.17, 15) is 4.55 Å². The van der Waals surface area contributed by atoms with Gasteiger partial charge in [0.25, 0.3) is 0 Å². The number of benzene rings is 3. The quantitative estimate of drug-likeness (QED) is 0.103. The summed E-state index contributed by atoms with van der Waals surface area (Å²) in [4.78, 5) is 8.45. The third-order valence-electron chi connectivity index (χ3n) is 9.48. The van der Waals surface area contributed by atoms with Crippen LogP contribution in [0.2, 0.25) is 0 Å². The topological polar surface area (TPSA) is 38.7 Å². The number of nitrogens with zero attached hydrogens (tertiary/aromatic N) is 2. The minimum atomic E-state index is -1.35. The molecule has 46 heavy (non-hydrogen) atoms. The molecule has 0 bridgehead atoms. The monoisotopic (exact) mass is 638 g/mol. The average Bonchev–Trinajstić information content (AvgIpc) is 3.39. The molecule has 0 aliphatic carbocycles. The molecule has 0 saturated carbocycles. The Morgan fingerprint density at radius 1 is 0.652 bits per heavy atom. The van der Waals surface area contributed by atoms with Crippen molar-refractivity contribution in [3.05, 3.63) is 98.9 Å². The number of aliphatic imine (C=N–C) groups is 1. The van der Waals surface area contributed by atoms with Crippen LogP contribution in [-0.2, 0) is 43.3 Å². The van der Waals surface area contributed by atoms with E-state index in [4.69, 9.17) is 4.99 Å². The molecule has 1 unspecified atom stereocenters. The summed E-state index contributed by atoms with van der Waals surface area (Å²) in [5.41, 5.74) is 9.65. The molecule has 4 heteroatoms. The summed E-state index contributed by atoms with van der Waals surface area (Å²) >= 11 is -1.35. The molecule has 1 fully saturated rings. The van der Waals surface area contributed by atoms with Gasteiger partial charge in [0.15, 0.2) is 4.91 Å². The zero-order valence-electron chi connectivity index (χ0n) is 29.4. The van der Waals surface area contributed by atoms with E-state index in [1.165, 1.54) is 97.7 Å². The van der Waals surface area contributed by atoms with Gasteiger partial charge in [-0.1, -0.05) is 153 Å². The second-order valence-corrected chi connectivity index (χ2v) is 14.2. The molecule has 0 N–H and O–H groups in total. The van der Waals surface area contributed by atoms with Crippen molar-refractivity contribution in [2.24, 2.45) is 4.99 Å². The maximum atomic E-state index is 14.3. The molecule has 0 radical (unpaired) electrons. The van der Waals surface area contributed by atoms with Gasteiger partial charge in [0, 0.05) is 0 Å². The predicted molar refractivity (Wildman–Crippen MR) is 203 cm³/mol. The Hall–Kier alpha value is -2.82. The summed E-state index contributed by atoms with van der Waals surface area (Å²) in [6.07, 6.45) is 20.6. The lowest BCUT2D eigenvalue weighted by atomic mass is 10.0. The molecule has 1 saturated heterocycles. The van der Waals surface area contributed by atoms with E-state index >= 15 is 0 Å². The minimum Gasteiger partial charge on any atom is -0.604 e. The van der Waals surface area contributed by atoms with E-state index in [2.05, 4.69) is 106 Å². The van der Waals surface area contributed by atoms with Gasteiger partial charge in [0.2, 0.25) is 0 Å². The van der Waals surface area contributed by atoms with Crippen molar-refractivity contribution in [2.75, 3.05) is 11.4 Å². The fourth-order valence-electron chi connectivity index (χ4n) is 6.67. The highest BCUT2D eigenvalue weighted by molar-refractivity contribution is 8.10. The van der Waals surface area contributed by atoms with Gasteiger partial charge in [-0.3, -0.25) is 4.90 Å². The third kappa shape index (κ3) is 9.61. The first-order chi connectivity index (χ1) is 22.5. The van der Waals surface area contributed by atoms with E-state index in [-0.39, 0.29) is 0 Å². The number of para-hydroxylation sites is 2. The van der Waals surface area contributed by atoms with Crippen LogP contribution in [0.5, 0.6) is 0 Å². The highest BCUT2D eigenvalue weighted by atomic mass is 32.2. The first-order valence-corrected chi connectivity index (χ1v) is 19.5. The van der Waals surface area contributed by atoms with Gasteiger partial charge < -0.3 is 4.55 Å². The fraction of sp³-hybridized carbons (Fsp3) is 0.500. The van der Waals surface area contributed by atoms with Crippen molar-refractivity contribution in [1.82, 2.24) is 0 Å². The molecule has 1 aliphatic rings. The van der Waals surface area contributed by atoms with Crippen LogP contribution in [0.3, 0.4) is 0 Å². The molecule has 248 valence electrons. The first-order valence-electron chi connectivity index (χ1n) is 18.3. The van der Waals surface area contributed by atoms with Crippen molar-refractivity contribution in [1.29, 1.82) is 0 Å². The second-order valence-electron chi connectivity index (χ2n) is 12.8. The highest BCUT2D eigenvalue weighted by Gasteiger charge is 2.41. The number of anilines is 1. The number of amidine groups is 1. The van der Waals surface area contributed by atoms with Crippen molar-refractivity contribution < 1.29 is 4.55 Å². The lowest BCUT2D eigenvalue weighted by molar-refractivity contribution is 0.556. The second kappa shape index (κ2) is 19.1. The molecule has 0 spiro atoms. The first kappa shape index (κ1) is 36.0. The Bertz CT molecular complexity index is 1380. The number of hydrogen-bond donors (Lipinski definition) is 0. The van der Waals surface area contributed by atoms with E-state index in [1.54, 1.807) is 0 Å². The number of unbranched alkanes of at least 4 members (excludes halogenated alkanes) is 9. The van der Waals surface area contributed by atoms with Gasteiger partial charge in [-0.15, -0.1) is 0 Å². The Labute approximate surface area is 283 Å². The zero-order chi connectivity index (χ0) is 32.7. The summed E-state index contributed by atoms with van der Waals surface area (Å²) in [7, 11) is 0. The summed E-state index contributed by atoms with van der Waals surface area (Å²) in [6, 6.07) is 21.9. The zero-order valence-corrected chi connectivity index (χ0v) is 30.2. The number of rotatable bonds is 18. The summed E-state index contributed by atoms with van der Waals surface area (Å²) in [5, 5.41) is 0.662. The largest absolute Gasteiger partial charge is 0.604 e. The van der Waals surface area contributed by atoms with Crippen LogP contribution in [0.15, 0.2) is 70.6 Å². The van der Waals surface area contributed by atoms with Crippen molar-refractivity contribution >= 4 is 33.8 Å². The van der Waals surface area contributed by atoms with Gasteiger partial charge in [-0.2, -0.15) is 4.99 Å². The molecule has 0 amide bonds. The summed E-state index contributed by atoms with van der Waals surface area (Å²) in [5.74, 6) is 0. The van der Waals surface area contributed by atoms with Crippen molar-refractivity contribution in [3.63, 3.8) is 0 Å².